The summed E-state index contributed by atoms with van der Waals surface area (Å²) in [7, 11) is 0. The zero-order valence-electron chi connectivity index (χ0n) is 12.5. The summed E-state index contributed by atoms with van der Waals surface area (Å²) in [6.07, 6.45) is 1.37. The van der Waals surface area contributed by atoms with Crippen molar-refractivity contribution in [3.8, 4) is 0 Å². The number of hydrogen-bond acceptors (Lipinski definition) is 7. The molecule has 22 heavy (non-hydrogen) atoms. The summed E-state index contributed by atoms with van der Waals surface area (Å²) >= 11 is 0. The zero-order chi connectivity index (χ0) is 15.8. The summed E-state index contributed by atoms with van der Waals surface area (Å²) in [6.45, 7) is 5.27. The highest BCUT2D eigenvalue weighted by Gasteiger charge is 2.04. The maximum atomic E-state index is 13.5. The van der Waals surface area contributed by atoms with Gasteiger partial charge in [0.25, 0.3) is 0 Å². The molecular weight excluding hydrogens is 285 g/mol. The first-order valence-corrected chi connectivity index (χ1v) is 7.00. The van der Waals surface area contributed by atoms with Crippen LogP contribution >= 0.6 is 0 Å². The Bertz CT molecular complexity index is 621. The lowest BCUT2D eigenvalue weighted by molar-refractivity contribution is 0.626. The first-order chi connectivity index (χ1) is 10.7. The van der Waals surface area contributed by atoms with E-state index < -0.39 is 0 Å². The van der Waals surface area contributed by atoms with Crippen LogP contribution in [0.25, 0.3) is 0 Å². The van der Waals surface area contributed by atoms with Crippen molar-refractivity contribution in [2.45, 2.75) is 13.8 Å². The number of anilines is 3. The third kappa shape index (κ3) is 4.37. The van der Waals surface area contributed by atoms with Gasteiger partial charge in [0.05, 0.1) is 6.21 Å². The van der Waals surface area contributed by atoms with Gasteiger partial charge in [-0.25, -0.2) is 9.82 Å². The van der Waals surface area contributed by atoms with Crippen LogP contribution in [0.4, 0.5) is 22.2 Å². The summed E-state index contributed by atoms with van der Waals surface area (Å²) in [6, 6.07) is 6.36. The quantitative estimate of drug-likeness (QED) is 0.537. The van der Waals surface area contributed by atoms with E-state index in [0.717, 1.165) is 0 Å². The maximum Gasteiger partial charge on any atom is 0.250 e. The first-order valence-electron chi connectivity index (χ1n) is 7.00. The van der Waals surface area contributed by atoms with E-state index in [-0.39, 0.29) is 11.8 Å². The van der Waals surface area contributed by atoms with Gasteiger partial charge in [-0.15, -0.1) is 0 Å². The van der Waals surface area contributed by atoms with E-state index in [9.17, 15) is 4.39 Å². The van der Waals surface area contributed by atoms with E-state index in [0.29, 0.717) is 30.5 Å². The number of hydrogen-bond donors (Lipinski definition) is 3. The Morgan fingerprint density at radius 1 is 1.00 bits per heavy atom. The Labute approximate surface area is 128 Å². The van der Waals surface area contributed by atoms with Gasteiger partial charge in [0.15, 0.2) is 0 Å². The summed E-state index contributed by atoms with van der Waals surface area (Å²) < 4.78 is 13.5. The molecule has 2 rings (SSSR count). The molecule has 0 spiro atoms. The minimum atomic E-state index is -0.342. The van der Waals surface area contributed by atoms with Crippen LogP contribution in [0.15, 0.2) is 29.4 Å². The van der Waals surface area contributed by atoms with E-state index in [1.807, 2.05) is 13.8 Å². The van der Waals surface area contributed by atoms with Gasteiger partial charge in [0.1, 0.15) is 5.82 Å². The molecule has 0 unspecified atom stereocenters. The summed E-state index contributed by atoms with van der Waals surface area (Å²) in [5.41, 5.74) is 3.06. The summed E-state index contributed by atoms with van der Waals surface area (Å²) in [5.74, 6) is 0.814. The molecule has 8 heteroatoms. The first kappa shape index (κ1) is 15.6. The molecule has 0 bridgehead atoms. The number of halogens is 1. The second-order valence-corrected chi connectivity index (χ2v) is 4.26. The van der Waals surface area contributed by atoms with Gasteiger partial charge in [-0.05, 0) is 19.9 Å². The minimum absolute atomic E-state index is 0.273. The molecule has 0 atom stereocenters. The Kier molecular flexibility index (Phi) is 5.58. The summed E-state index contributed by atoms with van der Waals surface area (Å²) in [4.78, 5) is 12.5. The van der Waals surface area contributed by atoms with Crippen molar-refractivity contribution in [3.05, 3.63) is 35.6 Å². The molecule has 0 saturated carbocycles. The average Bonchev–Trinajstić information content (AvgIpc) is 2.50. The molecule has 0 saturated heterocycles. The molecule has 3 N–H and O–H groups in total. The van der Waals surface area contributed by atoms with Gasteiger partial charge in [-0.1, -0.05) is 18.2 Å². The largest absolute Gasteiger partial charge is 0.354 e. The van der Waals surface area contributed by atoms with E-state index >= 15 is 0 Å². The van der Waals surface area contributed by atoms with Crippen molar-refractivity contribution in [3.63, 3.8) is 0 Å². The fourth-order valence-electron chi connectivity index (χ4n) is 1.64. The van der Waals surface area contributed by atoms with Gasteiger partial charge < -0.3 is 10.6 Å². The van der Waals surface area contributed by atoms with Crippen molar-refractivity contribution in [1.82, 2.24) is 15.0 Å². The van der Waals surface area contributed by atoms with Crippen molar-refractivity contribution in [2.75, 3.05) is 29.1 Å². The maximum absolute atomic E-state index is 13.5. The van der Waals surface area contributed by atoms with Crippen molar-refractivity contribution < 1.29 is 4.39 Å². The van der Waals surface area contributed by atoms with E-state index in [2.05, 4.69) is 36.1 Å². The molecule has 0 amide bonds. The van der Waals surface area contributed by atoms with Crippen molar-refractivity contribution in [2.24, 2.45) is 5.10 Å². The second kappa shape index (κ2) is 7.87. The normalized spacial score (nSPS) is 10.7. The topological polar surface area (TPSA) is 87.1 Å². The summed E-state index contributed by atoms with van der Waals surface area (Å²) in [5, 5.41) is 9.97. The van der Waals surface area contributed by atoms with E-state index in [1.54, 1.807) is 18.2 Å². The molecule has 0 aliphatic heterocycles. The van der Waals surface area contributed by atoms with Gasteiger partial charge in [-0.3, -0.25) is 0 Å². The molecule has 1 aromatic heterocycles. The molecule has 0 fully saturated rings. The Balaban J connectivity index is 2.12. The number of aromatic nitrogens is 3. The molecule has 1 heterocycles. The lowest BCUT2D eigenvalue weighted by Gasteiger charge is -2.07. The molecule has 0 radical (unpaired) electrons. The zero-order valence-corrected chi connectivity index (χ0v) is 12.5. The minimum Gasteiger partial charge on any atom is -0.354 e. The number of nitrogens with zero attached hydrogens (tertiary/aromatic N) is 4. The molecule has 2 aromatic rings. The Morgan fingerprint density at radius 2 is 1.59 bits per heavy atom. The standard InChI is InChI=1S/C14H18FN7/c1-3-16-12-19-13(17-4-2)21-14(20-12)22-18-9-10-7-5-6-8-11(10)15/h5-9H,3-4H2,1-2H3,(H3,16,17,19,20,21,22)/b18-9+. The second-order valence-electron chi connectivity index (χ2n) is 4.26. The average molecular weight is 303 g/mol. The molecule has 116 valence electrons. The molecular formula is C14H18FN7. The SMILES string of the molecule is CCNc1nc(NCC)nc(N/N=C/c2ccccc2F)n1. The molecule has 1 aromatic carbocycles. The van der Waals surface area contributed by atoms with Crippen LogP contribution < -0.4 is 16.1 Å². The van der Waals surface area contributed by atoms with E-state index in [1.165, 1.54) is 12.3 Å². The lowest BCUT2D eigenvalue weighted by Crippen LogP contribution is -2.10. The van der Waals surface area contributed by atoms with Crippen LogP contribution in [-0.2, 0) is 0 Å². The number of nitrogens with one attached hydrogen (secondary N) is 3. The number of rotatable bonds is 7. The third-order valence-corrected chi connectivity index (χ3v) is 2.58. The van der Waals surface area contributed by atoms with Crippen LogP contribution in [0, 0.1) is 5.82 Å². The Hall–Kier alpha value is -2.77. The van der Waals surface area contributed by atoms with Gasteiger partial charge in [-0.2, -0.15) is 20.1 Å². The Morgan fingerprint density at radius 3 is 2.18 bits per heavy atom. The molecule has 7 nitrogen and oxygen atoms in total. The fourth-order valence-corrected chi connectivity index (χ4v) is 1.64. The highest BCUT2D eigenvalue weighted by Crippen LogP contribution is 2.09. The van der Waals surface area contributed by atoms with Crippen molar-refractivity contribution in [1.29, 1.82) is 0 Å². The third-order valence-electron chi connectivity index (χ3n) is 2.58. The van der Waals surface area contributed by atoms with Crippen LogP contribution in [-0.4, -0.2) is 34.3 Å². The van der Waals surface area contributed by atoms with Gasteiger partial charge in [0, 0.05) is 18.7 Å². The van der Waals surface area contributed by atoms with Gasteiger partial charge in [0.2, 0.25) is 17.8 Å². The predicted octanol–water partition coefficient (Wildman–Crippen LogP) is 2.32. The molecule has 0 aliphatic carbocycles. The highest BCUT2D eigenvalue weighted by atomic mass is 19.1. The predicted molar refractivity (Wildman–Crippen MR) is 85.8 cm³/mol. The highest BCUT2D eigenvalue weighted by molar-refractivity contribution is 5.80. The van der Waals surface area contributed by atoms with E-state index in [4.69, 9.17) is 0 Å². The fraction of sp³-hybridized carbons (Fsp3) is 0.286. The van der Waals surface area contributed by atoms with Crippen LogP contribution in [0.5, 0.6) is 0 Å². The molecule has 0 aliphatic rings. The van der Waals surface area contributed by atoms with Crippen LogP contribution in [0.2, 0.25) is 0 Å². The monoisotopic (exact) mass is 303 g/mol. The smallest absolute Gasteiger partial charge is 0.250 e. The van der Waals surface area contributed by atoms with Gasteiger partial charge >= 0.3 is 0 Å². The van der Waals surface area contributed by atoms with Crippen LogP contribution in [0.3, 0.4) is 0 Å². The van der Waals surface area contributed by atoms with Crippen molar-refractivity contribution >= 4 is 24.1 Å². The number of benzene rings is 1. The number of hydrazone groups is 1. The van der Waals surface area contributed by atoms with Crippen LogP contribution in [0.1, 0.15) is 19.4 Å². The lowest BCUT2D eigenvalue weighted by atomic mass is 10.2.